The number of nitrogens with one attached hydrogen (secondary N) is 1. The average Bonchev–Trinajstić information content (AvgIpc) is 2.99. The van der Waals surface area contributed by atoms with Crippen molar-refractivity contribution in [2.24, 2.45) is 0 Å². The number of anilines is 1. The van der Waals surface area contributed by atoms with E-state index in [0.29, 0.717) is 6.54 Å². The summed E-state index contributed by atoms with van der Waals surface area (Å²) < 4.78 is 27.3. The highest BCUT2D eigenvalue weighted by atomic mass is 32.1. The molecule has 2 aromatic carbocycles. The molecule has 25 heavy (non-hydrogen) atoms. The van der Waals surface area contributed by atoms with E-state index in [0.717, 1.165) is 27.4 Å². The standard InChI is InChI=1S/C18H17F2N3OS/c1-11(18(24)21-12-7-8-13(19)14(20)9-12)23(2)10-17-22-15-5-3-4-6-16(15)25-17/h3-9,11H,10H2,1-2H3,(H,21,24)/t11-/m0/s1. The Balaban J connectivity index is 1.65. The number of benzene rings is 2. The van der Waals surface area contributed by atoms with Gasteiger partial charge in [-0.05, 0) is 38.2 Å². The number of likely N-dealkylation sites (N-methyl/N-ethyl adjacent to an activating group) is 1. The predicted molar refractivity (Wildman–Crippen MR) is 95.5 cm³/mol. The van der Waals surface area contributed by atoms with Crippen LogP contribution in [-0.4, -0.2) is 28.9 Å². The Morgan fingerprint density at radius 1 is 1.24 bits per heavy atom. The Morgan fingerprint density at radius 3 is 2.72 bits per heavy atom. The molecule has 0 spiro atoms. The van der Waals surface area contributed by atoms with Crippen molar-refractivity contribution in [1.29, 1.82) is 0 Å². The lowest BCUT2D eigenvalue weighted by atomic mass is 10.2. The third kappa shape index (κ3) is 4.00. The van der Waals surface area contributed by atoms with E-state index in [2.05, 4.69) is 10.3 Å². The van der Waals surface area contributed by atoms with Crippen LogP contribution in [0.2, 0.25) is 0 Å². The Morgan fingerprint density at radius 2 is 2.00 bits per heavy atom. The van der Waals surface area contributed by atoms with Crippen molar-refractivity contribution in [3.63, 3.8) is 0 Å². The summed E-state index contributed by atoms with van der Waals surface area (Å²) in [5, 5.41) is 3.51. The molecule has 0 saturated heterocycles. The molecular formula is C18H17F2N3OS. The zero-order chi connectivity index (χ0) is 18.0. The molecule has 0 aliphatic rings. The maximum atomic E-state index is 13.2. The number of halogens is 2. The second-order valence-corrected chi connectivity index (χ2v) is 6.90. The normalized spacial score (nSPS) is 12.5. The van der Waals surface area contributed by atoms with Crippen LogP contribution in [0.15, 0.2) is 42.5 Å². The molecular weight excluding hydrogens is 344 g/mol. The molecule has 0 radical (unpaired) electrons. The van der Waals surface area contributed by atoms with Gasteiger partial charge in [0.05, 0.1) is 22.8 Å². The third-order valence-corrected chi connectivity index (χ3v) is 4.97. The molecule has 1 amide bonds. The van der Waals surface area contributed by atoms with Gasteiger partial charge in [0, 0.05) is 11.8 Å². The summed E-state index contributed by atoms with van der Waals surface area (Å²) in [6.07, 6.45) is 0. The number of carbonyl (C=O) groups excluding carboxylic acids is 1. The molecule has 0 unspecified atom stereocenters. The van der Waals surface area contributed by atoms with Gasteiger partial charge in [0.1, 0.15) is 5.01 Å². The molecule has 3 aromatic rings. The summed E-state index contributed by atoms with van der Waals surface area (Å²) in [7, 11) is 1.82. The molecule has 0 fully saturated rings. The maximum absolute atomic E-state index is 13.2. The topological polar surface area (TPSA) is 45.2 Å². The predicted octanol–water partition coefficient (Wildman–Crippen LogP) is 4.03. The van der Waals surface area contributed by atoms with Crippen LogP contribution in [0.3, 0.4) is 0 Å². The van der Waals surface area contributed by atoms with Crippen LogP contribution in [-0.2, 0) is 11.3 Å². The average molecular weight is 361 g/mol. The SMILES string of the molecule is C[C@@H](C(=O)Nc1ccc(F)c(F)c1)N(C)Cc1nc2ccccc2s1. The van der Waals surface area contributed by atoms with E-state index >= 15 is 0 Å². The zero-order valence-electron chi connectivity index (χ0n) is 13.8. The van der Waals surface area contributed by atoms with E-state index in [1.54, 1.807) is 18.3 Å². The fraction of sp³-hybridized carbons (Fsp3) is 0.222. The lowest BCUT2D eigenvalue weighted by Gasteiger charge is -2.22. The number of carbonyl (C=O) groups is 1. The van der Waals surface area contributed by atoms with Gasteiger partial charge < -0.3 is 5.32 Å². The second-order valence-electron chi connectivity index (χ2n) is 5.78. The molecule has 7 heteroatoms. The van der Waals surface area contributed by atoms with Crippen molar-refractivity contribution in [2.45, 2.75) is 19.5 Å². The molecule has 1 heterocycles. The highest BCUT2D eigenvalue weighted by Gasteiger charge is 2.20. The van der Waals surface area contributed by atoms with Crippen LogP contribution in [0.5, 0.6) is 0 Å². The van der Waals surface area contributed by atoms with E-state index in [-0.39, 0.29) is 11.6 Å². The van der Waals surface area contributed by atoms with Crippen molar-refractivity contribution >= 4 is 33.1 Å². The van der Waals surface area contributed by atoms with Crippen molar-refractivity contribution in [3.8, 4) is 0 Å². The van der Waals surface area contributed by atoms with Gasteiger partial charge in [-0.3, -0.25) is 9.69 Å². The first kappa shape index (κ1) is 17.4. The Labute approximate surface area is 148 Å². The third-order valence-electron chi connectivity index (χ3n) is 3.95. The van der Waals surface area contributed by atoms with Crippen LogP contribution < -0.4 is 5.32 Å². The maximum Gasteiger partial charge on any atom is 0.241 e. The largest absolute Gasteiger partial charge is 0.325 e. The van der Waals surface area contributed by atoms with E-state index in [1.165, 1.54) is 6.07 Å². The molecule has 4 nitrogen and oxygen atoms in total. The first-order valence-corrected chi connectivity index (χ1v) is 8.56. The Kier molecular flexibility index (Phi) is 5.06. The molecule has 0 aliphatic carbocycles. The van der Waals surface area contributed by atoms with E-state index in [1.807, 2.05) is 36.2 Å². The van der Waals surface area contributed by atoms with E-state index in [9.17, 15) is 13.6 Å². The van der Waals surface area contributed by atoms with Gasteiger partial charge in [0.25, 0.3) is 0 Å². The molecule has 0 aliphatic heterocycles. The number of fused-ring (bicyclic) bond motifs is 1. The summed E-state index contributed by atoms with van der Waals surface area (Å²) in [6.45, 7) is 2.27. The monoisotopic (exact) mass is 361 g/mol. The fourth-order valence-electron chi connectivity index (χ4n) is 2.36. The molecule has 1 aromatic heterocycles. The quantitative estimate of drug-likeness (QED) is 0.746. The van der Waals surface area contributed by atoms with Crippen LogP contribution in [0, 0.1) is 11.6 Å². The van der Waals surface area contributed by atoms with Crippen molar-refractivity contribution in [1.82, 2.24) is 9.88 Å². The summed E-state index contributed by atoms with van der Waals surface area (Å²) >= 11 is 1.59. The van der Waals surface area contributed by atoms with E-state index in [4.69, 9.17) is 0 Å². The van der Waals surface area contributed by atoms with Gasteiger partial charge in [0.15, 0.2) is 11.6 Å². The fourth-order valence-corrected chi connectivity index (χ4v) is 3.39. The van der Waals surface area contributed by atoms with Crippen molar-refractivity contribution in [3.05, 3.63) is 59.1 Å². The molecule has 0 saturated carbocycles. The van der Waals surface area contributed by atoms with Crippen molar-refractivity contribution < 1.29 is 13.6 Å². The minimum absolute atomic E-state index is 0.226. The molecule has 0 bridgehead atoms. The Bertz CT molecular complexity index is 879. The first-order valence-electron chi connectivity index (χ1n) is 7.74. The van der Waals surface area contributed by atoms with E-state index < -0.39 is 17.7 Å². The number of rotatable bonds is 5. The first-order chi connectivity index (χ1) is 11.9. The van der Waals surface area contributed by atoms with Gasteiger partial charge in [0.2, 0.25) is 5.91 Å². The van der Waals surface area contributed by atoms with Gasteiger partial charge in [-0.1, -0.05) is 12.1 Å². The smallest absolute Gasteiger partial charge is 0.241 e. The van der Waals surface area contributed by atoms with Gasteiger partial charge in [-0.2, -0.15) is 0 Å². The zero-order valence-corrected chi connectivity index (χ0v) is 14.6. The van der Waals surface area contributed by atoms with Crippen molar-refractivity contribution in [2.75, 3.05) is 12.4 Å². The van der Waals surface area contributed by atoms with Crippen LogP contribution in [0.25, 0.3) is 10.2 Å². The van der Waals surface area contributed by atoms with Crippen LogP contribution in [0.1, 0.15) is 11.9 Å². The molecule has 1 N–H and O–H groups in total. The number of aromatic nitrogens is 1. The number of hydrogen-bond donors (Lipinski definition) is 1. The van der Waals surface area contributed by atoms with Gasteiger partial charge >= 0.3 is 0 Å². The highest BCUT2D eigenvalue weighted by Crippen LogP contribution is 2.23. The number of amides is 1. The Hall–Kier alpha value is -2.38. The minimum Gasteiger partial charge on any atom is -0.325 e. The van der Waals surface area contributed by atoms with Gasteiger partial charge in [-0.25, -0.2) is 13.8 Å². The molecule has 1 atom stereocenters. The summed E-state index contributed by atoms with van der Waals surface area (Å²) in [5.41, 5.74) is 1.17. The number of para-hydroxylation sites is 1. The number of nitrogens with zero attached hydrogens (tertiary/aromatic N) is 2. The summed E-state index contributed by atoms with van der Waals surface area (Å²) in [6, 6.07) is 10.7. The highest BCUT2D eigenvalue weighted by molar-refractivity contribution is 7.18. The number of thiazole rings is 1. The van der Waals surface area contributed by atoms with Crippen LogP contribution in [0.4, 0.5) is 14.5 Å². The molecule has 3 rings (SSSR count). The minimum atomic E-state index is -0.992. The second kappa shape index (κ2) is 7.25. The lowest BCUT2D eigenvalue weighted by molar-refractivity contribution is -0.120. The lowest BCUT2D eigenvalue weighted by Crippen LogP contribution is -2.39. The van der Waals surface area contributed by atoms with Crippen LogP contribution >= 0.6 is 11.3 Å². The molecule has 130 valence electrons. The number of hydrogen-bond acceptors (Lipinski definition) is 4. The van der Waals surface area contributed by atoms with Gasteiger partial charge in [-0.15, -0.1) is 11.3 Å². The summed E-state index contributed by atoms with van der Waals surface area (Å²) in [4.78, 5) is 18.7. The summed E-state index contributed by atoms with van der Waals surface area (Å²) in [5.74, 6) is -2.23.